The molecule has 134 valence electrons. The van der Waals surface area contributed by atoms with Crippen molar-refractivity contribution in [2.75, 3.05) is 13.2 Å². The van der Waals surface area contributed by atoms with Crippen molar-refractivity contribution in [2.24, 2.45) is 0 Å². The zero-order chi connectivity index (χ0) is 18.3. The molecule has 6 nitrogen and oxygen atoms in total. The molecule has 0 spiro atoms. The zero-order valence-corrected chi connectivity index (χ0v) is 15.0. The molecule has 0 aromatic heterocycles. The van der Waals surface area contributed by atoms with Gasteiger partial charge in [-0.15, -0.1) is 0 Å². The summed E-state index contributed by atoms with van der Waals surface area (Å²) in [7, 11) is 0. The molecular weight excluding hydrogens is 310 g/mol. The highest BCUT2D eigenvalue weighted by molar-refractivity contribution is 6.28. The van der Waals surface area contributed by atoms with Gasteiger partial charge in [0.2, 0.25) is 0 Å². The molecule has 0 saturated heterocycles. The summed E-state index contributed by atoms with van der Waals surface area (Å²) in [4.78, 5) is 21.9. The number of benzene rings is 1. The van der Waals surface area contributed by atoms with Crippen LogP contribution >= 0.6 is 0 Å². The topological polar surface area (TPSA) is 84.9 Å². The molecule has 1 atom stereocenters. The van der Waals surface area contributed by atoms with E-state index in [0.717, 1.165) is 0 Å². The van der Waals surface area contributed by atoms with Crippen LogP contribution in [0.2, 0.25) is 0 Å². The van der Waals surface area contributed by atoms with E-state index in [1.165, 1.54) is 5.56 Å². The fraction of sp³-hybridized carbons (Fsp3) is 0.556. The van der Waals surface area contributed by atoms with Gasteiger partial charge >= 0.3 is 11.9 Å². The Balaban J connectivity index is 2.65. The summed E-state index contributed by atoms with van der Waals surface area (Å²) < 4.78 is 10.6. The van der Waals surface area contributed by atoms with Gasteiger partial charge in [0, 0.05) is 12.6 Å². The smallest absolute Gasteiger partial charge is 0.417 e. The van der Waals surface area contributed by atoms with Crippen LogP contribution in [0.3, 0.4) is 0 Å². The van der Waals surface area contributed by atoms with Gasteiger partial charge in [-0.2, -0.15) is 0 Å². The van der Waals surface area contributed by atoms with E-state index in [1.807, 2.05) is 38.1 Å². The van der Waals surface area contributed by atoms with Gasteiger partial charge in [-0.1, -0.05) is 46.8 Å². The fourth-order valence-electron chi connectivity index (χ4n) is 1.94. The van der Waals surface area contributed by atoms with Crippen LogP contribution in [0.5, 0.6) is 5.75 Å². The number of ether oxygens (including phenoxy) is 2. The van der Waals surface area contributed by atoms with Crippen LogP contribution in [-0.2, 0) is 19.7 Å². The number of nitrogens with one attached hydrogen (secondary N) is 1. The highest BCUT2D eigenvalue weighted by atomic mass is 16.6. The van der Waals surface area contributed by atoms with E-state index in [4.69, 9.17) is 14.6 Å². The van der Waals surface area contributed by atoms with Crippen LogP contribution < -0.4 is 10.1 Å². The SMILES string of the molecule is CC(C)NCC(COc1ccc(C(C)(C)C)cc1)OC(=O)C(=O)O. The summed E-state index contributed by atoms with van der Waals surface area (Å²) in [6.07, 6.45) is -0.682. The molecule has 1 unspecified atom stereocenters. The van der Waals surface area contributed by atoms with Crippen LogP contribution in [0.25, 0.3) is 0 Å². The first-order chi connectivity index (χ1) is 11.1. The van der Waals surface area contributed by atoms with Crippen molar-refractivity contribution < 1.29 is 24.2 Å². The lowest BCUT2D eigenvalue weighted by atomic mass is 9.87. The standard InChI is InChI=1S/C18H27NO5/c1-12(2)19-10-15(24-17(22)16(20)21)11-23-14-8-6-13(7-9-14)18(3,4)5/h6-9,12,15,19H,10-11H2,1-5H3,(H,20,21). The Morgan fingerprint density at radius 2 is 1.75 bits per heavy atom. The van der Waals surface area contributed by atoms with Crippen LogP contribution in [-0.4, -0.2) is 42.3 Å². The Morgan fingerprint density at radius 1 is 1.17 bits per heavy atom. The van der Waals surface area contributed by atoms with Gasteiger partial charge in [-0.25, -0.2) is 9.59 Å². The molecule has 6 heteroatoms. The second kappa shape index (κ2) is 8.68. The number of carboxylic acid groups (broad SMARTS) is 1. The number of rotatable bonds is 7. The summed E-state index contributed by atoms with van der Waals surface area (Å²) in [5, 5.41) is 11.8. The van der Waals surface area contributed by atoms with E-state index in [1.54, 1.807) is 0 Å². The van der Waals surface area contributed by atoms with Gasteiger partial charge in [0.1, 0.15) is 18.5 Å². The van der Waals surface area contributed by atoms with Crippen molar-refractivity contribution in [1.82, 2.24) is 5.32 Å². The third-order valence-electron chi connectivity index (χ3n) is 3.36. The van der Waals surface area contributed by atoms with Gasteiger partial charge in [-0.3, -0.25) is 0 Å². The minimum absolute atomic E-state index is 0.0548. The molecule has 1 aromatic carbocycles. The van der Waals surface area contributed by atoms with Gasteiger partial charge in [0.05, 0.1) is 0 Å². The third kappa shape index (κ3) is 7.00. The van der Waals surface area contributed by atoms with E-state index in [-0.39, 0.29) is 18.1 Å². The van der Waals surface area contributed by atoms with E-state index >= 15 is 0 Å². The molecule has 0 amide bonds. The van der Waals surface area contributed by atoms with Crippen molar-refractivity contribution in [3.05, 3.63) is 29.8 Å². The van der Waals surface area contributed by atoms with Crippen molar-refractivity contribution >= 4 is 11.9 Å². The maximum absolute atomic E-state index is 11.3. The van der Waals surface area contributed by atoms with E-state index < -0.39 is 18.0 Å². The zero-order valence-electron chi connectivity index (χ0n) is 15.0. The number of carboxylic acids is 1. The average Bonchev–Trinajstić information content (AvgIpc) is 2.49. The Bertz CT molecular complexity index is 546. The Kier molecular flexibility index (Phi) is 7.22. The molecule has 0 heterocycles. The predicted molar refractivity (Wildman–Crippen MR) is 91.3 cm³/mol. The molecule has 2 N–H and O–H groups in total. The summed E-state index contributed by atoms with van der Waals surface area (Å²) >= 11 is 0. The first-order valence-corrected chi connectivity index (χ1v) is 8.00. The average molecular weight is 337 g/mol. The number of aliphatic carboxylic acids is 1. The molecule has 0 saturated carbocycles. The van der Waals surface area contributed by atoms with E-state index in [2.05, 4.69) is 26.1 Å². The summed E-state index contributed by atoms with van der Waals surface area (Å²) in [6.45, 7) is 10.7. The molecule has 0 aliphatic heterocycles. The molecule has 1 rings (SSSR count). The molecule has 0 radical (unpaired) electrons. The number of carbonyl (C=O) groups is 2. The summed E-state index contributed by atoms with van der Waals surface area (Å²) in [6, 6.07) is 7.86. The lowest BCUT2D eigenvalue weighted by Gasteiger charge is -2.21. The van der Waals surface area contributed by atoms with Crippen LogP contribution in [0.1, 0.15) is 40.2 Å². The maximum atomic E-state index is 11.3. The highest BCUT2D eigenvalue weighted by Gasteiger charge is 2.21. The minimum Gasteiger partial charge on any atom is -0.490 e. The largest absolute Gasteiger partial charge is 0.490 e. The molecule has 1 aromatic rings. The molecule has 0 fully saturated rings. The van der Waals surface area contributed by atoms with Crippen molar-refractivity contribution in [3.63, 3.8) is 0 Å². The third-order valence-corrected chi connectivity index (χ3v) is 3.36. The minimum atomic E-state index is -1.61. The normalized spacial score (nSPS) is 12.8. The molecule has 0 aliphatic rings. The molecule has 0 bridgehead atoms. The van der Waals surface area contributed by atoms with Gasteiger partial charge < -0.3 is 19.9 Å². The Morgan fingerprint density at radius 3 is 2.21 bits per heavy atom. The van der Waals surface area contributed by atoms with Gasteiger partial charge in [0.25, 0.3) is 0 Å². The first kappa shape index (κ1) is 20.0. The van der Waals surface area contributed by atoms with Crippen LogP contribution in [0.15, 0.2) is 24.3 Å². The highest BCUT2D eigenvalue weighted by Crippen LogP contribution is 2.24. The second-order valence-corrected chi connectivity index (χ2v) is 6.98. The number of carbonyl (C=O) groups excluding carboxylic acids is 1. The molecule has 24 heavy (non-hydrogen) atoms. The Hall–Kier alpha value is -2.08. The van der Waals surface area contributed by atoms with E-state index in [9.17, 15) is 9.59 Å². The first-order valence-electron chi connectivity index (χ1n) is 8.00. The van der Waals surface area contributed by atoms with Crippen molar-refractivity contribution in [2.45, 2.75) is 52.2 Å². The molecular formula is C18H27NO5. The van der Waals surface area contributed by atoms with Crippen LogP contribution in [0, 0.1) is 0 Å². The summed E-state index contributed by atoms with van der Waals surface area (Å²) in [5.41, 5.74) is 1.24. The quantitative estimate of drug-likeness (QED) is 0.587. The van der Waals surface area contributed by atoms with Crippen molar-refractivity contribution in [1.29, 1.82) is 0 Å². The van der Waals surface area contributed by atoms with Gasteiger partial charge in [-0.05, 0) is 23.1 Å². The van der Waals surface area contributed by atoms with Crippen LogP contribution in [0.4, 0.5) is 0 Å². The lowest BCUT2D eigenvalue weighted by Crippen LogP contribution is -2.39. The number of esters is 1. The monoisotopic (exact) mass is 337 g/mol. The fourth-order valence-corrected chi connectivity index (χ4v) is 1.94. The van der Waals surface area contributed by atoms with E-state index in [0.29, 0.717) is 12.3 Å². The Labute approximate surface area is 143 Å². The number of hydrogen-bond acceptors (Lipinski definition) is 5. The van der Waals surface area contributed by atoms with Crippen molar-refractivity contribution in [3.8, 4) is 5.75 Å². The molecule has 0 aliphatic carbocycles. The summed E-state index contributed by atoms with van der Waals surface area (Å²) in [5.74, 6) is -2.25. The number of hydrogen-bond donors (Lipinski definition) is 2. The van der Waals surface area contributed by atoms with Gasteiger partial charge in [0.15, 0.2) is 0 Å². The predicted octanol–water partition coefficient (Wildman–Crippen LogP) is 2.36. The lowest BCUT2D eigenvalue weighted by molar-refractivity contribution is -0.168. The maximum Gasteiger partial charge on any atom is 0.417 e. The second-order valence-electron chi connectivity index (χ2n) is 6.98.